The van der Waals surface area contributed by atoms with Gasteiger partial charge in [0.05, 0.1) is 5.92 Å². The molecule has 2 unspecified atom stereocenters. The largest absolute Gasteiger partial charge is 0.481 e. The van der Waals surface area contributed by atoms with Crippen LogP contribution in [0.4, 0.5) is 4.79 Å². The first kappa shape index (κ1) is 13.0. The van der Waals surface area contributed by atoms with E-state index in [1.165, 1.54) is 0 Å². The molecule has 1 saturated heterocycles. The molecular weight excluding hydrogens is 258 g/mol. The number of carbonyl (C=O) groups excluding carboxylic acids is 1. The number of likely N-dealkylation sites (tertiary alicyclic amines) is 1. The molecule has 0 bridgehead atoms. The van der Waals surface area contributed by atoms with E-state index in [0.717, 1.165) is 5.56 Å². The molecule has 1 aromatic rings. The number of hydrogen-bond acceptors (Lipinski definition) is 3. The van der Waals surface area contributed by atoms with Crippen molar-refractivity contribution in [1.29, 1.82) is 0 Å². The first-order valence-electron chi connectivity index (χ1n) is 6.71. The molecule has 5 nitrogen and oxygen atoms in total. The number of carbonyl (C=O) groups is 2. The Labute approximate surface area is 117 Å². The van der Waals surface area contributed by atoms with Gasteiger partial charge in [0.15, 0.2) is 0 Å². The summed E-state index contributed by atoms with van der Waals surface area (Å²) in [6, 6.07) is 9.50. The Kier molecular flexibility index (Phi) is 2.92. The number of amides is 1. The van der Waals surface area contributed by atoms with Gasteiger partial charge in [0, 0.05) is 18.5 Å². The number of benzene rings is 1. The van der Waals surface area contributed by atoms with Gasteiger partial charge in [-0.1, -0.05) is 37.3 Å². The lowest BCUT2D eigenvalue weighted by Crippen LogP contribution is -2.34. The summed E-state index contributed by atoms with van der Waals surface area (Å²) >= 11 is 0. The number of piperidine rings is 1. The van der Waals surface area contributed by atoms with Crippen LogP contribution in [0.2, 0.25) is 0 Å². The van der Waals surface area contributed by atoms with Crippen LogP contribution < -0.4 is 0 Å². The van der Waals surface area contributed by atoms with Gasteiger partial charge < -0.3 is 14.7 Å². The summed E-state index contributed by atoms with van der Waals surface area (Å²) in [5, 5.41) is 9.07. The first-order valence-corrected chi connectivity index (χ1v) is 6.71. The molecule has 1 aromatic carbocycles. The third-order valence-corrected chi connectivity index (χ3v) is 4.53. The number of carboxylic acids is 1. The molecule has 20 heavy (non-hydrogen) atoms. The summed E-state index contributed by atoms with van der Waals surface area (Å²) in [5.74, 6) is -0.986. The topological polar surface area (TPSA) is 66.8 Å². The van der Waals surface area contributed by atoms with Gasteiger partial charge in [-0.3, -0.25) is 4.79 Å². The van der Waals surface area contributed by atoms with E-state index in [-0.39, 0.29) is 30.0 Å². The van der Waals surface area contributed by atoms with E-state index in [0.29, 0.717) is 13.1 Å². The van der Waals surface area contributed by atoms with Gasteiger partial charge >= 0.3 is 12.1 Å². The van der Waals surface area contributed by atoms with Crippen LogP contribution in [0.1, 0.15) is 12.5 Å². The highest BCUT2D eigenvalue weighted by atomic mass is 16.6. The smallest absolute Gasteiger partial charge is 0.410 e. The molecule has 1 saturated carbocycles. The van der Waals surface area contributed by atoms with Crippen LogP contribution in [0.3, 0.4) is 0 Å². The van der Waals surface area contributed by atoms with E-state index in [4.69, 9.17) is 9.84 Å². The minimum absolute atomic E-state index is 0.0734. The molecule has 1 N–H and O–H groups in total. The number of carboxylic acid groups (broad SMARTS) is 1. The summed E-state index contributed by atoms with van der Waals surface area (Å²) in [5.41, 5.74) is 0.678. The fraction of sp³-hybridized carbons (Fsp3) is 0.467. The Bertz CT molecular complexity index is 544. The molecule has 0 aromatic heterocycles. The predicted molar refractivity (Wildman–Crippen MR) is 70.9 cm³/mol. The monoisotopic (exact) mass is 275 g/mol. The van der Waals surface area contributed by atoms with Gasteiger partial charge in [-0.15, -0.1) is 0 Å². The number of hydrogen-bond donors (Lipinski definition) is 1. The SMILES string of the molecule is C[C@]12CN(C(=O)OCc3ccccc3)CC1C2C(=O)O. The molecule has 1 amide bonds. The van der Waals surface area contributed by atoms with Crippen molar-refractivity contribution >= 4 is 12.1 Å². The summed E-state index contributed by atoms with van der Waals surface area (Å²) in [6.07, 6.45) is -0.355. The highest BCUT2D eigenvalue weighted by Gasteiger charge is 2.70. The summed E-state index contributed by atoms with van der Waals surface area (Å²) < 4.78 is 5.26. The first-order chi connectivity index (χ1) is 9.52. The van der Waals surface area contributed by atoms with Gasteiger partial charge in [-0.05, 0) is 11.5 Å². The lowest BCUT2D eigenvalue weighted by Gasteiger charge is -2.20. The van der Waals surface area contributed by atoms with Crippen LogP contribution in [-0.2, 0) is 16.1 Å². The van der Waals surface area contributed by atoms with Crippen molar-refractivity contribution in [2.24, 2.45) is 17.3 Å². The Hall–Kier alpha value is -2.04. The molecule has 5 heteroatoms. The van der Waals surface area contributed by atoms with Gasteiger partial charge in [0.25, 0.3) is 0 Å². The third kappa shape index (κ3) is 2.03. The van der Waals surface area contributed by atoms with Crippen molar-refractivity contribution in [3.8, 4) is 0 Å². The highest BCUT2D eigenvalue weighted by Crippen LogP contribution is 2.62. The van der Waals surface area contributed by atoms with E-state index in [9.17, 15) is 9.59 Å². The van der Waals surface area contributed by atoms with Crippen molar-refractivity contribution < 1.29 is 19.4 Å². The minimum Gasteiger partial charge on any atom is -0.481 e. The van der Waals surface area contributed by atoms with Gasteiger partial charge in [0.1, 0.15) is 6.61 Å². The average molecular weight is 275 g/mol. The van der Waals surface area contributed by atoms with Crippen LogP contribution in [0.5, 0.6) is 0 Å². The van der Waals surface area contributed by atoms with Crippen LogP contribution in [0, 0.1) is 17.3 Å². The second kappa shape index (κ2) is 4.51. The number of ether oxygens (including phenoxy) is 1. The second-order valence-corrected chi connectivity index (χ2v) is 5.85. The average Bonchev–Trinajstić information content (AvgIpc) is 2.85. The Morgan fingerprint density at radius 2 is 2.10 bits per heavy atom. The molecule has 1 heterocycles. The standard InChI is InChI=1S/C15H17NO4/c1-15-9-16(7-11(15)12(15)13(17)18)14(19)20-8-10-5-3-2-4-6-10/h2-6,11-12H,7-9H2,1H3,(H,17,18)/t11?,12?,15-/m0/s1. The lowest BCUT2D eigenvalue weighted by atomic mass is 10.1. The van der Waals surface area contributed by atoms with Crippen molar-refractivity contribution in [3.63, 3.8) is 0 Å². The molecule has 2 fully saturated rings. The number of rotatable bonds is 3. The Morgan fingerprint density at radius 1 is 1.40 bits per heavy atom. The summed E-state index contributed by atoms with van der Waals surface area (Å²) in [7, 11) is 0. The third-order valence-electron chi connectivity index (χ3n) is 4.53. The number of fused-ring (bicyclic) bond motifs is 1. The van der Waals surface area contributed by atoms with Crippen LogP contribution in [0.25, 0.3) is 0 Å². The molecule has 106 valence electrons. The van der Waals surface area contributed by atoms with Gasteiger partial charge in [0.2, 0.25) is 0 Å². The molecule has 3 rings (SSSR count). The van der Waals surface area contributed by atoms with Crippen LogP contribution in [-0.4, -0.2) is 35.2 Å². The van der Waals surface area contributed by atoms with Crippen molar-refractivity contribution in [1.82, 2.24) is 4.90 Å². The molecule has 0 spiro atoms. The molecule has 1 aliphatic carbocycles. The maximum atomic E-state index is 12.0. The minimum atomic E-state index is -0.755. The molecule has 2 aliphatic rings. The maximum Gasteiger partial charge on any atom is 0.410 e. The number of aliphatic carboxylic acids is 1. The quantitative estimate of drug-likeness (QED) is 0.916. The molecule has 3 atom stereocenters. The van der Waals surface area contributed by atoms with Crippen molar-refractivity contribution in [2.75, 3.05) is 13.1 Å². The Morgan fingerprint density at radius 3 is 2.65 bits per heavy atom. The maximum absolute atomic E-state index is 12.0. The molecular formula is C15H17NO4. The zero-order valence-electron chi connectivity index (χ0n) is 11.3. The highest BCUT2D eigenvalue weighted by molar-refractivity contribution is 5.78. The Balaban J connectivity index is 1.53. The second-order valence-electron chi connectivity index (χ2n) is 5.85. The normalized spacial score (nSPS) is 30.8. The van der Waals surface area contributed by atoms with E-state index in [1.807, 2.05) is 37.3 Å². The molecule has 1 aliphatic heterocycles. The summed E-state index contributed by atoms with van der Waals surface area (Å²) in [6.45, 7) is 3.14. The van der Waals surface area contributed by atoms with E-state index >= 15 is 0 Å². The zero-order chi connectivity index (χ0) is 14.3. The van der Waals surface area contributed by atoms with Crippen molar-refractivity contribution in [3.05, 3.63) is 35.9 Å². The van der Waals surface area contributed by atoms with E-state index in [2.05, 4.69) is 0 Å². The lowest BCUT2D eigenvalue weighted by molar-refractivity contribution is -0.140. The van der Waals surface area contributed by atoms with E-state index in [1.54, 1.807) is 4.90 Å². The fourth-order valence-electron chi connectivity index (χ4n) is 3.31. The predicted octanol–water partition coefficient (Wildman–Crippen LogP) is 1.98. The van der Waals surface area contributed by atoms with Crippen molar-refractivity contribution in [2.45, 2.75) is 13.5 Å². The van der Waals surface area contributed by atoms with E-state index < -0.39 is 5.97 Å². The fourth-order valence-corrected chi connectivity index (χ4v) is 3.31. The van der Waals surface area contributed by atoms with Crippen LogP contribution in [0.15, 0.2) is 30.3 Å². The molecule has 0 radical (unpaired) electrons. The number of nitrogens with zero attached hydrogens (tertiary/aromatic N) is 1. The summed E-state index contributed by atoms with van der Waals surface area (Å²) in [4.78, 5) is 24.6. The zero-order valence-corrected chi connectivity index (χ0v) is 11.3. The van der Waals surface area contributed by atoms with Crippen LogP contribution >= 0.6 is 0 Å². The van der Waals surface area contributed by atoms with Gasteiger partial charge in [-0.25, -0.2) is 4.79 Å². The van der Waals surface area contributed by atoms with Gasteiger partial charge in [-0.2, -0.15) is 0 Å².